The van der Waals surface area contributed by atoms with Crippen LogP contribution in [-0.2, 0) is 6.54 Å². The number of nitrogens with zero attached hydrogens (tertiary/aromatic N) is 2. The average Bonchev–Trinajstić information content (AvgIpc) is 2.51. The van der Waals surface area contributed by atoms with Gasteiger partial charge in [0.2, 0.25) is 0 Å². The Kier molecular flexibility index (Phi) is 3.78. The molecule has 4 nitrogen and oxygen atoms in total. The van der Waals surface area contributed by atoms with E-state index in [1.807, 2.05) is 20.9 Å². The van der Waals surface area contributed by atoms with Gasteiger partial charge < -0.3 is 4.90 Å². The summed E-state index contributed by atoms with van der Waals surface area (Å²) >= 11 is 0. The zero-order valence-corrected chi connectivity index (χ0v) is 12.2. The van der Waals surface area contributed by atoms with E-state index in [2.05, 4.69) is 4.90 Å². The zero-order chi connectivity index (χ0) is 14.2. The van der Waals surface area contributed by atoms with Crippen molar-refractivity contribution in [3.05, 3.63) is 27.5 Å². The Morgan fingerprint density at radius 3 is 2.47 bits per heavy atom. The fourth-order valence-corrected chi connectivity index (χ4v) is 2.81. The minimum Gasteiger partial charge on any atom is -0.360 e. The van der Waals surface area contributed by atoms with Gasteiger partial charge in [0.05, 0.1) is 5.56 Å². The van der Waals surface area contributed by atoms with E-state index in [4.69, 9.17) is 0 Å². The number of aromatic nitrogens is 1. The van der Waals surface area contributed by atoms with E-state index in [0.717, 1.165) is 36.3 Å². The first-order valence-corrected chi connectivity index (χ1v) is 6.93. The molecular formula is C15H22N2O2. The highest BCUT2D eigenvalue weighted by Crippen LogP contribution is 2.29. The molecule has 19 heavy (non-hydrogen) atoms. The number of pyridine rings is 1. The fraction of sp³-hybridized carbons (Fsp3) is 0.600. The molecule has 0 aliphatic carbocycles. The highest BCUT2D eigenvalue weighted by molar-refractivity contribution is 6.00. The third-order valence-electron chi connectivity index (χ3n) is 3.77. The van der Waals surface area contributed by atoms with Crippen molar-refractivity contribution in [3.8, 4) is 0 Å². The van der Waals surface area contributed by atoms with Crippen LogP contribution in [0.25, 0.3) is 0 Å². The van der Waals surface area contributed by atoms with Crippen LogP contribution in [-0.4, -0.2) is 23.9 Å². The summed E-state index contributed by atoms with van der Waals surface area (Å²) in [6.07, 6.45) is 2.03. The number of rotatable bonds is 2. The van der Waals surface area contributed by atoms with E-state index in [0.29, 0.717) is 6.54 Å². The number of anilines is 1. The normalized spacial score (nSPS) is 15.3. The smallest absolute Gasteiger partial charge is 0.252 e. The Hall–Kier alpha value is -1.58. The zero-order valence-electron chi connectivity index (χ0n) is 12.2. The van der Waals surface area contributed by atoms with Crippen molar-refractivity contribution in [2.75, 3.05) is 18.5 Å². The van der Waals surface area contributed by atoms with Crippen molar-refractivity contribution in [2.45, 2.75) is 46.1 Å². The summed E-state index contributed by atoms with van der Waals surface area (Å²) < 4.78 is 1.76. The van der Waals surface area contributed by atoms with E-state index >= 15 is 0 Å². The van der Waals surface area contributed by atoms with Crippen molar-refractivity contribution in [3.63, 3.8) is 0 Å². The predicted octanol–water partition coefficient (Wildman–Crippen LogP) is 2.40. The summed E-state index contributed by atoms with van der Waals surface area (Å²) in [5.41, 5.74) is 1.61. The molecule has 0 amide bonds. The lowest BCUT2D eigenvalue weighted by molar-refractivity contribution is 0.101. The molecule has 0 saturated heterocycles. The molecule has 104 valence electrons. The maximum absolute atomic E-state index is 12.3. The van der Waals surface area contributed by atoms with Crippen LogP contribution in [0.1, 0.15) is 55.5 Å². The van der Waals surface area contributed by atoms with Crippen LogP contribution in [0.3, 0.4) is 0 Å². The predicted molar refractivity (Wildman–Crippen MR) is 77.3 cm³/mol. The van der Waals surface area contributed by atoms with Gasteiger partial charge in [-0.25, -0.2) is 0 Å². The highest BCUT2D eigenvalue weighted by Gasteiger charge is 2.24. The third kappa shape index (κ3) is 2.44. The van der Waals surface area contributed by atoms with Gasteiger partial charge in [-0.1, -0.05) is 13.8 Å². The number of carbonyl (C=O) groups excluding carboxylic acids is 1. The number of ketones is 1. The van der Waals surface area contributed by atoms with Gasteiger partial charge in [-0.3, -0.25) is 14.2 Å². The van der Waals surface area contributed by atoms with Crippen LogP contribution in [0.4, 0.5) is 5.82 Å². The number of carbonyl (C=O) groups is 1. The molecule has 1 aliphatic rings. The van der Waals surface area contributed by atoms with Crippen molar-refractivity contribution < 1.29 is 4.79 Å². The third-order valence-corrected chi connectivity index (χ3v) is 3.77. The molecule has 0 spiro atoms. The molecule has 1 aliphatic heterocycles. The molecule has 0 aromatic carbocycles. The molecule has 0 N–H and O–H groups in total. The quantitative estimate of drug-likeness (QED) is 0.769. The van der Waals surface area contributed by atoms with E-state index in [9.17, 15) is 9.59 Å². The molecule has 0 unspecified atom stereocenters. The van der Waals surface area contributed by atoms with Crippen LogP contribution >= 0.6 is 0 Å². The van der Waals surface area contributed by atoms with Gasteiger partial charge in [-0.2, -0.15) is 0 Å². The molecule has 0 saturated carbocycles. The maximum atomic E-state index is 12.3. The Morgan fingerprint density at radius 1 is 1.26 bits per heavy atom. The van der Waals surface area contributed by atoms with Gasteiger partial charge >= 0.3 is 0 Å². The lowest BCUT2D eigenvalue weighted by Gasteiger charge is -2.25. The maximum Gasteiger partial charge on any atom is 0.252 e. The van der Waals surface area contributed by atoms with Crippen LogP contribution in [0, 0.1) is 0 Å². The minimum atomic E-state index is 0.0115. The van der Waals surface area contributed by atoms with E-state index in [1.165, 1.54) is 0 Å². The topological polar surface area (TPSA) is 42.3 Å². The van der Waals surface area contributed by atoms with E-state index < -0.39 is 0 Å². The Morgan fingerprint density at radius 2 is 1.89 bits per heavy atom. The minimum absolute atomic E-state index is 0.0115. The molecule has 0 atom stereocenters. The van der Waals surface area contributed by atoms with Gasteiger partial charge in [0.15, 0.2) is 5.78 Å². The molecular weight excluding hydrogens is 240 g/mol. The van der Waals surface area contributed by atoms with Gasteiger partial charge in [-0.05, 0) is 31.2 Å². The largest absolute Gasteiger partial charge is 0.360 e. The summed E-state index contributed by atoms with van der Waals surface area (Å²) in [6, 6.07) is 1.64. The molecule has 1 aromatic rings. The Balaban J connectivity index is 2.81. The number of hydrogen-bond acceptors (Lipinski definition) is 3. The molecule has 2 heterocycles. The second-order valence-electron chi connectivity index (χ2n) is 5.63. The first-order chi connectivity index (χ1) is 8.93. The first-order valence-electron chi connectivity index (χ1n) is 6.93. The first kappa shape index (κ1) is 13.8. The van der Waals surface area contributed by atoms with Gasteiger partial charge in [0.25, 0.3) is 5.56 Å². The van der Waals surface area contributed by atoms with E-state index in [1.54, 1.807) is 17.6 Å². The Labute approximate surface area is 114 Å². The highest BCUT2D eigenvalue weighted by atomic mass is 16.1. The number of hydrogen-bond donors (Lipinski definition) is 0. The molecule has 4 heteroatoms. The number of Topliss-reactive ketones (excluding diaryl/α,β-unsaturated/α-hetero) is 1. The van der Waals surface area contributed by atoms with Crippen LogP contribution in [0.15, 0.2) is 10.9 Å². The summed E-state index contributed by atoms with van der Waals surface area (Å²) in [4.78, 5) is 26.4. The fourth-order valence-electron chi connectivity index (χ4n) is 2.81. The standard InChI is InChI=1S/C15H22N2O2/c1-10(2)12-9-13(19)17-8-6-5-7-16(4)15(17)14(12)11(3)18/h9-10H,5-8H2,1-4H3. The van der Waals surface area contributed by atoms with Crippen LogP contribution in [0.2, 0.25) is 0 Å². The second-order valence-corrected chi connectivity index (χ2v) is 5.63. The lowest BCUT2D eigenvalue weighted by Crippen LogP contribution is -2.30. The molecule has 2 rings (SSSR count). The summed E-state index contributed by atoms with van der Waals surface area (Å²) in [7, 11) is 1.97. The van der Waals surface area contributed by atoms with Crippen LogP contribution < -0.4 is 10.5 Å². The average molecular weight is 262 g/mol. The van der Waals surface area contributed by atoms with Crippen molar-refractivity contribution in [1.29, 1.82) is 0 Å². The summed E-state index contributed by atoms with van der Waals surface area (Å²) in [5, 5.41) is 0. The molecule has 1 aromatic heterocycles. The molecule has 0 bridgehead atoms. The van der Waals surface area contributed by atoms with Crippen molar-refractivity contribution >= 4 is 11.6 Å². The van der Waals surface area contributed by atoms with Crippen molar-refractivity contribution in [1.82, 2.24) is 4.57 Å². The van der Waals surface area contributed by atoms with Gasteiger partial charge in [-0.15, -0.1) is 0 Å². The summed E-state index contributed by atoms with van der Waals surface area (Å²) in [5.74, 6) is 1.02. The molecule has 0 radical (unpaired) electrons. The van der Waals surface area contributed by atoms with Gasteiger partial charge in [0, 0.05) is 26.2 Å². The monoisotopic (exact) mass is 262 g/mol. The molecule has 0 fully saturated rings. The summed E-state index contributed by atoms with van der Waals surface area (Å²) in [6.45, 7) is 7.23. The number of fused-ring (bicyclic) bond motifs is 1. The van der Waals surface area contributed by atoms with Crippen LogP contribution in [0.5, 0.6) is 0 Å². The SMILES string of the molecule is CC(=O)c1c(C(C)C)cc(=O)n2c1N(C)CCCC2. The van der Waals surface area contributed by atoms with Gasteiger partial charge in [0.1, 0.15) is 5.82 Å². The second kappa shape index (κ2) is 5.19. The van der Waals surface area contributed by atoms with E-state index in [-0.39, 0.29) is 17.3 Å². The van der Waals surface area contributed by atoms with Crippen molar-refractivity contribution in [2.24, 2.45) is 0 Å². The Bertz CT molecular complexity index is 558. The lowest BCUT2D eigenvalue weighted by atomic mass is 9.95.